The van der Waals surface area contributed by atoms with Gasteiger partial charge in [0, 0.05) is 12.1 Å². The third-order valence-corrected chi connectivity index (χ3v) is 3.86. The van der Waals surface area contributed by atoms with E-state index in [-0.39, 0.29) is 5.56 Å². The van der Waals surface area contributed by atoms with Gasteiger partial charge >= 0.3 is 0 Å². The van der Waals surface area contributed by atoms with E-state index in [0.29, 0.717) is 30.0 Å². The van der Waals surface area contributed by atoms with Crippen LogP contribution in [0.5, 0.6) is 5.75 Å². The minimum Gasteiger partial charge on any atom is -0.497 e. The van der Waals surface area contributed by atoms with Gasteiger partial charge in [-0.15, -0.1) is 0 Å². The fourth-order valence-corrected chi connectivity index (χ4v) is 2.69. The molecule has 0 aromatic heterocycles. The fourth-order valence-electron chi connectivity index (χ4n) is 2.69. The lowest BCUT2D eigenvalue weighted by Crippen LogP contribution is -2.37. The van der Waals surface area contributed by atoms with Crippen LogP contribution in [0.3, 0.4) is 0 Å². The molecule has 1 N–H and O–H groups in total. The molecule has 1 unspecified atom stereocenters. The van der Waals surface area contributed by atoms with Gasteiger partial charge in [0.2, 0.25) is 0 Å². The lowest BCUT2D eigenvalue weighted by atomic mass is 9.97. The van der Waals surface area contributed by atoms with Crippen LogP contribution in [0.4, 0.5) is 10.1 Å². The van der Waals surface area contributed by atoms with Gasteiger partial charge in [-0.05, 0) is 36.8 Å². The zero-order valence-corrected chi connectivity index (χ0v) is 12.1. The molecule has 3 rings (SSSR count). The Balaban J connectivity index is 2.02. The Morgan fingerprint density at radius 1 is 1.32 bits per heavy atom. The number of benzene rings is 2. The molecule has 0 spiro atoms. The molecule has 1 aliphatic rings. The quantitative estimate of drug-likeness (QED) is 0.928. The highest BCUT2D eigenvalue weighted by atomic mass is 19.1. The van der Waals surface area contributed by atoms with Gasteiger partial charge in [0.15, 0.2) is 0 Å². The topological polar surface area (TPSA) is 49.8 Å². The number of ether oxygens (including phenoxy) is 1. The van der Waals surface area contributed by atoms with Crippen molar-refractivity contribution in [2.24, 2.45) is 0 Å². The van der Waals surface area contributed by atoms with Gasteiger partial charge in [0.05, 0.1) is 24.5 Å². The molecule has 0 bridgehead atoms. The highest BCUT2D eigenvalue weighted by Gasteiger charge is 2.29. The molecule has 1 amide bonds. The van der Waals surface area contributed by atoms with Crippen LogP contribution >= 0.6 is 0 Å². The first-order valence-electron chi connectivity index (χ1n) is 7.04. The maximum Gasteiger partial charge on any atom is 0.261 e. The Morgan fingerprint density at radius 3 is 2.82 bits per heavy atom. The standard InChI is InChI=1S/C17H16FNO3/c1-22-11-6-7-15-13(10-11)16(20)8-9-19(15)17(21)12-4-2-3-5-14(12)18/h2-7,10,16,20H,8-9H2,1H3. The Bertz CT molecular complexity index is 717. The summed E-state index contributed by atoms with van der Waals surface area (Å²) in [6.07, 6.45) is -0.254. The number of aliphatic hydroxyl groups is 1. The predicted octanol–water partition coefficient (Wildman–Crippen LogP) is 2.92. The number of fused-ring (bicyclic) bond motifs is 1. The van der Waals surface area contributed by atoms with Crippen molar-refractivity contribution in [1.82, 2.24) is 0 Å². The van der Waals surface area contributed by atoms with Crippen LogP contribution in [0.2, 0.25) is 0 Å². The number of carbonyl (C=O) groups excluding carboxylic acids is 1. The summed E-state index contributed by atoms with van der Waals surface area (Å²) in [5.74, 6) is -0.344. The monoisotopic (exact) mass is 301 g/mol. The Hall–Kier alpha value is -2.40. The number of halogens is 1. The first kappa shape index (κ1) is 14.5. The summed E-state index contributed by atoms with van der Waals surface area (Å²) in [5, 5.41) is 10.1. The van der Waals surface area contributed by atoms with Crippen LogP contribution in [0.15, 0.2) is 42.5 Å². The highest BCUT2D eigenvalue weighted by Crippen LogP contribution is 2.37. The molecule has 5 heteroatoms. The van der Waals surface area contributed by atoms with Crippen LogP contribution in [0, 0.1) is 5.82 Å². The maximum atomic E-state index is 13.8. The van der Waals surface area contributed by atoms with Gasteiger partial charge in [0.25, 0.3) is 5.91 Å². The molecule has 0 radical (unpaired) electrons. The summed E-state index contributed by atoms with van der Waals surface area (Å²) in [5.41, 5.74) is 1.24. The summed E-state index contributed by atoms with van der Waals surface area (Å²) in [4.78, 5) is 14.1. The van der Waals surface area contributed by atoms with Crippen molar-refractivity contribution in [3.63, 3.8) is 0 Å². The van der Waals surface area contributed by atoms with E-state index >= 15 is 0 Å². The molecule has 0 saturated carbocycles. The molecular formula is C17H16FNO3. The number of aliphatic hydroxyl groups excluding tert-OH is 1. The third kappa shape index (κ3) is 2.44. The first-order chi connectivity index (χ1) is 10.6. The van der Waals surface area contributed by atoms with E-state index in [1.54, 1.807) is 37.4 Å². The third-order valence-electron chi connectivity index (χ3n) is 3.86. The molecule has 114 valence electrons. The van der Waals surface area contributed by atoms with E-state index < -0.39 is 17.8 Å². The van der Waals surface area contributed by atoms with Crippen molar-refractivity contribution in [3.05, 3.63) is 59.4 Å². The minimum absolute atomic E-state index is 0.0284. The lowest BCUT2D eigenvalue weighted by Gasteiger charge is -2.32. The lowest BCUT2D eigenvalue weighted by molar-refractivity contribution is 0.0966. The van der Waals surface area contributed by atoms with E-state index in [2.05, 4.69) is 0 Å². The van der Waals surface area contributed by atoms with Crippen molar-refractivity contribution in [2.45, 2.75) is 12.5 Å². The average Bonchev–Trinajstić information content (AvgIpc) is 2.55. The second kappa shape index (κ2) is 5.77. The number of amides is 1. The first-order valence-corrected chi connectivity index (χ1v) is 7.04. The number of methoxy groups -OCH3 is 1. The second-order valence-electron chi connectivity index (χ2n) is 5.17. The van der Waals surface area contributed by atoms with Crippen LogP contribution in [-0.2, 0) is 0 Å². The Kier molecular flexibility index (Phi) is 3.81. The zero-order chi connectivity index (χ0) is 15.7. The van der Waals surface area contributed by atoms with Crippen molar-refractivity contribution >= 4 is 11.6 Å². The summed E-state index contributed by atoms with van der Waals surface area (Å²) in [6.45, 7) is 0.341. The van der Waals surface area contributed by atoms with Gasteiger partial charge in [-0.1, -0.05) is 12.1 Å². The molecule has 1 aliphatic heterocycles. The van der Waals surface area contributed by atoms with E-state index in [9.17, 15) is 14.3 Å². The number of anilines is 1. The van der Waals surface area contributed by atoms with E-state index in [0.717, 1.165) is 0 Å². The number of nitrogens with zero attached hydrogens (tertiary/aromatic N) is 1. The highest BCUT2D eigenvalue weighted by molar-refractivity contribution is 6.07. The van der Waals surface area contributed by atoms with Gasteiger partial charge < -0.3 is 14.7 Å². The van der Waals surface area contributed by atoms with Crippen LogP contribution in [0.1, 0.15) is 28.4 Å². The second-order valence-corrected chi connectivity index (χ2v) is 5.17. The molecule has 0 aliphatic carbocycles. The zero-order valence-electron chi connectivity index (χ0n) is 12.1. The van der Waals surface area contributed by atoms with E-state index in [1.165, 1.54) is 17.0 Å². The molecule has 4 nitrogen and oxygen atoms in total. The largest absolute Gasteiger partial charge is 0.497 e. The Labute approximate surface area is 127 Å². The number of hydrogen-bond donors (Lipinski definition) is 1. The minimum atomic E-state index is -0.658. The smallest absolute Gasteiger partial charge is 0.261 e. The fraction of sp³-hybridized carbons (Fsp3) is 0.235. The molecule has 0 fully saturated rings. The van der Waals surface area contributed by atoms with Crippen molar-refractivity contribution in [3.8, 4) is 5.75 Å². The van der Waals surface area contributed by atoms with Crippen molar-refractivity contribution in [2.75, 3.05) is 18.6 Å². The molecule has 22 heavy (non-hydrogen) atoms. The number of rotatable bonds is 2. The van der Waals surface area contributed by atoms with Gasteiger partial charge in [-0.3, -0.25) is 4.79 Å². The van der Waals surface area contributed by atoms with Gasteiger partial charge in [0.1, 0.15) is 11.6 Å². The maximum absolute atomic E-state index is 13.8. The summed E-state index contributed by atoms with van der Waals surface area (Å²) in [7, 11) is 1.54. The van der Waals surface area contributed by atoms with Crippen LogP contribution < -0.4 is 9.64 Å². The van der Waals surface area contributed by atoms with Crippen molar-refractivity contribution < 1.29 is 19.0 Å². The molecule has 1 atom stereocenters. The molecule has 0 saturated heterocycles. The van der Waals surface area contributed by atoms with Crippen LogP contribution in [0.25, 0.3) is 0 Å². The number of carbonyl (C=O) groups is 1. The predicted molar refractivity (Wildman–Crippen MR) is 80.6 cm³/mol. The van der Waals surface area contributed by atoms with E-state index in [4.69, 9.17) is 4.74 Å². The average molecular weight is 301 g/mol. The van der Waals surface area contributed by atoms with Gasteiger partial charge in [-0.25, -0.2) is 4.39 Å². The summed E-state index contributed by atoms with van der Waals surface area (Å²) < 4.78 is 19.0. The Morgan fingerprint density at radius 2 is 2.09 bits per heavy atom. The molecule has 2 aromatic rings. The van der Waals surface area contributed by atoms with E-state index in [1.807, 2.05) is 0 Å². The molecule has 2 aromatic carbocycles. The van der Waals surface area contributed by atoms with Gasteiger partial charge in [-0.2, -0.15) is 0 Å². The SMILES string of the molecule is COc1ccc2c(c1)C(O)CCN2C(=O)c1ccccc1F. The number of hydrogen-bond acceptors (Lipinski definition) is 3. The molecular weight excluding hydrogens is 285 g/mol. The summed E-state index contributed by atoms with van der Waals surface area (Å²) >= 11 is 0. The van der Waals surface area contributed by atoms with Crippen molar-refractivity contribution in [1.29, 1.82) is 0 Å². The normalized spacial score (nSPS) is 17.0. The van der Waals surface area contributed by atoms with Crippen LogP contribution in [-0.4, -0.2) is 24.7 Å². The summed E-state index contributed by atoms with van der Waals surface area (Å²) in [6, 6.07) is 11.1. The molecule has 1 heterocycles.